The number of thiazole rings is 1. The van der Waals surface area contributed by atoms with Crippen LogP contribution in [0.1, 0.15) is 57.8 Å². The molecule has 1 rings (SSSR count). The molecule has 1 aromatic rings. The summed E-state index contributed by atoms with van der Waals surface area (Å²) >= 11 is 1.45. The number of aliphatic hydroxyl groups is 1. The number of carbonyl (C=O) groups is 1. The molecule has 1 aromatic heterocycles. The minimum Gasteiger partial charge on any atom is -0.444 e. The zero-order valence-corrected chi connectivity index (χ0v) is 15.4. The molecule has 5 nitrogen and oxygen atoms in total. The Kier molecular flexibility index (Phi) is 6.38. The van der Waals surface area contributed by atoms with Gasteiger partial charge in [-0.3, -0.25) is 0 Å². The fraction of sp³-hybridized carbons (Fsp3) is 0.750. The standard InChI is InChI=1S/C16H28N2O3S/c1-10(2)12(18(7)15(20)21-16(4,5)6)8-13(19)14-17-11(3)9-22-14/h9-10,12-13,19H,8H2,1-7H3/t12-,13-/m0/s1. The minimum absolute atomic E-state index is 0.117. The Bertz CT molecular complexity index is 494. The van der Waals surface area contributed by atoms with Crippen molar-refractivity contribution in [2.75, 3.05) is 7.05 Å². The van der Waals surface area contributed by atoms with E-state index < -0.39 is 11.7 Å². The number of hydrogen-bond acceptors (Lipinski definition) is 5. The minimum atomic E-state index is -0.670. The first-order chi connectivity index (χ1) is 10.0. The fourth-order valence-corrected chi connectivity index (χ4v) is 3.00. The van der Waals surface area contributed by atoms with Crippen molar-refractivity contribution in [2.24, 2.45) is 5.92 Å². The van der Waals surface area contributed by atoms with Gasteiger partial charge in [0.15, 0.2) is 0 Å². The maximum atomic E-state index is 12.2. The Balaban J connectivity index is 2.78. The molecule has 0 unspecified atom stereocenters. The number of ether oxygens (including phenoxy) is 1. The Morgan fingerprint density at radius 3 is 2.45 bits per heavy atom. The van der Waals surface area contributed by atoms with Crippen LogP contribution in [0, 0.1) is 12.8 Å². The van der Waals surface area contributed by atoms with Crippen LogP contribution in [0.4, 0.5) is 4.79 Å². The first-order valence-electron chi connectivity index (χ1n) is 7.57. The van der Waals surface area contributed by atoms with E-state index in [9.17, 15) is 9.90 Å². The van der Waals surface area contributed by atoms with Crippen molar-refractivity contribution in [1.29, 1.82) is 0 Å². The van der Waals surface area contributed by atoms with Crippen LogP contribution in [0.15, 0.2) is 5.38 Å². The van der Waals surface area contributed by atoms with Crippen LogP contribution in [0.25, 0.3) is 0 Å². The molecule has 1 N–H and O–H groups in total. The van der Waals surface area contributed by atoms with Crippen molar-refractivity contribution in [3.8, 4) is 0 Å². The number of aryl methyl sites for hydroxylation is 1. The summed E-state index contributed by atoms with van der Waals surface area (Å²) in [6, 6.07) is -0.117. The topological polar surface area (TPSA) is 62.7 Å². The highest BCUT2D eigenvalue weighted by Crippen LogP contribution is 2.27. The summed E-state index contributed by atoms with van der Waals surface area (Å²) in [5, 5.41) is 13.0. The van der Waals surface area contributed by atoms with Crippen LogP contribution in [-0.4, -0.2) is 39.8 Å². The molecule has 2 atom stereocenters. The summed E-state index contributed by atoms with van der Waals surface area (Å²) in [5.74, 6) is 0.202. The van der Waals surface area contributed by atoms with E-state index >= 15 is 0 Å². The molecule has 6 heteroatoms. The van der Waals surface area contributed by atoms with E-state index in [2.05, 4.69) is 4.98 Å². The molecule has 0 saturated carbocycles. The lowest BCUT2D eigenvalue weighted by Crippen LogP contribution is -2.44. The second-order valence-corrected chi connectivity index (χ2v) is 7.87. The van der Waals surface area contributed by atoms with Crippen LogP contribution in [0.2, 0.25) is 0 Å². The summed E-state index contributed by atoms with van der Waals surface area (Å²) in [5.41, 5.74) is 0.374. The zero-order chi connectivity index (χ0) is 17.1. The lowest BCUT2D eigenvalue weighted by molar-refractivity contribution is 0.0106. The molecule has 0 saturated heterocycles. The van der Waals surface area contributed by atoms with Gasteiger partial charge in [-0.2, -0.15) is 0 Å². The quantitative estimate of drug-likeness (QED) is 0.894. The Labute approximate surface area is 137 Å². The highest BCUT2D eigenvalue weighted by Gasteiger charge is 2.30. The van der Waals surface area contributed by atoms with Gasteiger partial charge in [0.2, 0.25) is 0 Å². The van der Waals surface area contributed by atoms with Gasteiger partial charge in [0.05, 0.1) is 0 Å². The van der Waals surface area contributed by atoms with Crippen molar-refractivity contribution in [3.63, 3.8) is 0 Å². The maximum Gasteiger partial charge on any atom is 0.410 e. The van der Waals surface area contributed by atoms with Crippen molar-refractivity contribution in [3.05, 3.63) is 16.1 Å². The van der Waals surface area contributed by atoms with E-state index in [0.29, 0.717) is 11.4 Å². The van der Waals surface area contributed by atoms with Crippen LogP contribution in [0.3, 0.4) is 0 Å². The molecule has 0 fully saturated rings. The molecular formula is C16H28N2O3S. The second-order valence-electron chi connectivity index (χ2n) is 6.98. The summed E-state index contributed by atoms with van der Waals surface area (Å²) in [4.78, 5) is 18.1. The molecule has 0 radical (unpaired) electrons. The third-order valence-electron chi connectivity index (χ3n) is 3.34. The number of aromatic nitrogens is 1. The Morgan fingerprint density at radius 2 is 2.05 bits per heavy atom. The molecule has 0 aromatic carbocycles. The van der Waals surface area contributed by atoms with Gasteiger partial charge < -0.3 is 14.7 Å². The maximum absolute atomic E-state index is 12.2. The summed E-state index contributed by atoms with van der Waals surface area (Å²) in [6.45, 7) is 11.5. The molecule has 126 valence electrons. The molecule has 22 heavy (non-hydrogen) atoms. The van der Waals surface area contributed by atoms with Gasteiger partial charge in [-0.05, 0) is 33.6 Å². The SMILES string of the molecule is Cc1csc([C@@H](O)C[C@@H](C(C)C)N(C)C(=O)OC(C)(C)C)n1. The monoisotopic (exact) mass is 328 g/mol. The predicted molar refractivity (Wildman–Crippen MR) is 89.1 cm³/mol. The second kappa shape index (κ2) is 7.42. The van der Waals surface area contributed by atoms with Crippen molar-refractivity contribution >= 4 is 17.4 Å². The van der Waals surface area contributed by atoms with Gasteiger partial charge in [0.1, 0.15) is 16.7 Å². The number of aliphatic hydroxyl groups excluding tert-OH is 1. The molecule has 0 bridgehead atoms. The summed E-state index contributed by atoms with van der Waals surface area (Å²) in [6.07, 6.45) is -0.593. The lowest BCUT2D eigenvalue weighted by Gasteiger charge is -2.34. The molecule has 0 aliphatic rings. The van der Waals surface area contributed by atoms with Gasteiger partial charge in [-0.1, -0.05) is 13.8 Å². The van der Waals surface area contributed by atoms with Gasteiger partial charge in [-0.25, -0.2) is 9.78 Å². The molecule has 0 aliphatic heterocycles. The molecular weight excluding hydrogens is 300 g/mol. The highest BCUT2D eigenvalue weighted by molar-refractivity contribution is 7.09. The number of carbonyl (C=O) groups excluding carboxylic acids is 1. The third-order valence-corrected chi connectivity index (χ3v) is 4.40. The number of hydrogen-bond donors (Lipinski definition) is 1. The van der Waals surface area contributed by atoms with E-state index in [-0.39, 0.29) is 18.1 Å². The molecule has 1 amide bonds. The smallest absolute Gasteiger partial charge is 0.410 e. The lowest BCUT2D eigenvalue weighted by atomic mass is 9.97. The van der Waals surface area contributed by atoms with Crippen LogP contribution in [-0.2, 0) is 4.74 Å². The number of nitrogens with zero attached hydrogens (tertiary/aromatic N) is 2. The zero-order valence-electron chi connectivity index (χ0n) is 14.6. The summed E-state index contributed by atoms with van der Waals surface area (Å²) in [7, 11) is 1.72. The molecule has 0 spiro atoms. The van der Waals surface area contributed by atoms with E-state index in [4.69, 9.17) is 4.74 Å². The van der Waals surface area contributed by atoms with Crippen LogP contribution >= 0.6 is 11.3 Å². The average molecular weight is 328 g/mol. The van der Waals surface area contributed by atoms with Gasteiger partial charge in [0.25, 0.3) is 0 Å². The van der Waals surface area contributed by atoms with Crippen molar-refractivity contribution in [1.82, 2.24) is 9.88 Å². The van der Waals surface area contributed by atoms with E-state index in [1.807, 2.05) is 46.9 Å². The largest absolute Gasteiger partial charge is 0.444 e. The first-order valence-corrected chi connectivity index (χ1v) is 8.45. The number of amides is 1. The van der Waals surface area contributed by atoms with E-state index in [0.717, 1.165) is 5.69 Å². The van der Waals surface area contributed by atoms with Crippen molar-refractivity contribution in [2.45, 2.75) is 65.7 Å². The average Bonchev–Trinajstić information content (AvgIpc) is 2.79. The van der Waals surface area contributed by atoms with E-state index in [1.165, 1.54) is 11.3 Å². The predicted octanol–water partition coefficient (Wildman–Crippen LogP) is 3.77. The van der Waals surface area contributed by atoms with Gasteiger partial charge >= 0.3 is 6.09 Å². The Morgan fingerprint density at radius 1 is 1.45 bits per heavy atom. The van der Waals surface area contributed by atoms with Crippen LogP contribution < -0.4 is 0 Å². The molecule has 1 heterocycles. The Hall–Kier alpha value is -1.14. The highest BCUT2D eigenvalue weighted by atomic mass is 32.1. The van der Waals surface area contributed by atoms with Crippen LogP contribution in [0.5, 0.6) is 0 Å². The first kappa shape index (κ1) is 18.9. The van der Waals surface area contributed by atoms with Crippen molar-refractivity contribution < 1.29 is 14.6 Å². The molecule has 0 aliphatic carbocycles. The normalized spacial score (nSPS) is 14.8. The third kappa shape index (κ3) is 5.57. The van der Waals surface area contributed by atoms with Gasteiger partial charge in [-0.15, -0.1) is 11.3 Å². The number of rotatable bonds is 5. The van der Waals surface area contributed by atoms with E-state index in [1.54, 1.807) is 11.9 Å². The summed E-state index contributed by atoms with van der Waals surface area (Å²) < 4.78 is 5.41. The fourth-order valence-electron chi connectivity index (χ4n) is 2.20. The van der Waals surface area contributed by atoms with Gasteiger partial charge in [0, 0.05) is 30.6 Å².